The summed E-state index contributed by atoms with van der Waals surface area (Å²) < 4.78 is 5.45. The van der Waals surface area contributed by atoms with Gasteiger partial charge in [0, 0.05) is 16.1 Å². The Morgan fingerprint density at radius 3 is 1.58 bits per heavy atom. The molecule has 0 saturated heterocycles. The van der Waals surface area contributed by atoms with Crippen molar-refractivity contribution in [2.75, 3.05) is 0 Å². The highest BCUT2D eigenvalue weighted by Crippen LogP contribution is 2.44. The number of hydrogen-bond donors (Lipinski definition) is 1. The van der Waals surface area contributed by atoms with E-state index in [0.29, 0.717) is 5.02 Å². The smallest absolute Gasteiger partial charge is 0.187 e. The van der Waals surface area contributed by atoms with Gasteiger partial charge in [-0.2, -0.15) is 0 Å². The molecule has 1 N–H and O–H groups in total. The van der Waals surface area contributed by atoms with Gasteiger partial charge in [-0.25, -0.2) is 0 Å². The molecule has 100 valence electrons. The average Bonchev–Trinajstić information content (AvgIpc) is 2.25. The van der Waals surface area contributed by atoms with Gasteiger partial charge in [0.05, 0.1) is 15.1 Å². The molecule has 0 atom stereocenters. The first kappa shape index (κ1) is 14.9. The van der Waals surface area contributed by atoms with Crippen molar-refractivity contribution in [3.8, 4) is 17.2 Å². The normalized spacial score (nSPS) is 10.6. The lowest BCUT2D eigenvalue weighted by Crippen LogP contribution is -1.89. The molecule has 0 aromatic heterocycles. The molecule has 0 aliphatic heterocycles. The SMILES string of the molecule is Oc1cc(Cl)cc(Cl)c1Oc1c(Cl)cc(Cl)cc1Cl. The van der Waals surface area contributed by atoms with Gasteiger partial charge in [-0.1, -0.05) is 58.0 Å². The van der Waals surface area contributed by atoms with Crippen LogP contribution in [0.15, 0.2) is 24.3 Å². The molecule has 0 aliphatic carbocycles. The molecule has 2 nitrogen and oxygen atoms in total. The predicted molar refractivity (Wildman–Crippen MR) is 79.7 cm³/mol. The molecule has 0 amide bonds. The molecule has 19 heavy (non-hydrogen) atoms. The van der Waals surface area contributed by atoms with E-state index in [1.165, 1.54) is 24.3 Å². The molecule has 2 rings (SSSR count). The summed E-state index contributed by atoms with van der Waals surface area (Å²) in [6, 6.07) is 5.65. The second kappa shape index (κ2) is 5.86. The first-order valence-corrected chi connectivity index (χ1v) is 6.78. The van der Waals surface area contributed by atoms with E-state index in [9.17, 15) is 5.11 Å². The van der Waals surface area contributed by atoms with E-state index >= 15 is 0 Å². The summed E-state index contributed by atoms with van der Waals surface area (Å²) in [6.45, 7) is 0. The van der Waals surface area contributed by atoms with Crippen LogP contribution in [0.2, 0.25) is 25.1 Å². The Bertz CT molecular complexity index is 541. The topological polar surface area (TPSA) is 29.5 Å². The molecular formula is C12H5Cl5O2. The van der Waals surface area contributed by atoms with Gasteiger partial charge in [0.2, 0.25) is 0 Å². The van der Waals surface area contributed by atoms with Gasteiger partial charge in [0.15, 0.2) is 17.2 Å². The van der Waals surface area contributed by atoms with Gasteiger partial charge in [-0.05, 0) is 18.2 Å². The Labute approximate surface area is 134 Å². The first-order valence-electron chi connectivity index (χ1n) is 4.89. The Morgan fingerprint density at radius 2 is 1.11 bits per heavy atom. The van der Waals surface area contributed by atoms with Crippen molar-refractivity contribution in [3.05, 3.63) is 49.4 Å². The second-order valence-corrected chi connectivity index (χ2v) is 5.63. The molecule has 2 aromatic rings. The van der Waals surface area contributed by atoms with E-state index in [2.05, 4.69) is 0 Å². The molecule has 0 aliphatic rings. The Morgan fingerprint density at radius 1 is 0.684 bits per heavy atom. The maximum Gasteiger partial charge on any atom is 0.187 e. The highest BCUT2D eigenvalue weighted by Gasteiger charge is 2.16. The minimum absolute atomic E-state index is 0.0113. The summed E-state index contributed by atoms with van der Waals surface area (Å²) in [4.78, 5) is 0. The zero-order valence-electron chi connectivity index (χ0n) is 9.05. The Kier molecular flexibility index (Phi) is 4.59. The molecule has 0 spiro atoms. The highest BCUT2D eigenvalue weighted by molar-refractivity contribution is 6.40. The fraction of sp³-hybridized carbons (Fsp3) is 0. The number of ether oxygens (including phenoxy) is 1. The van der Waals surface area contributed by atoms with Crippen molar-refractivity contribution in [1.29, 1.82) is 0 Å². The van der Waals surface area contributed by atoms with Crippen LogP contribution in [0.1, 0.15) is 0 Å². The number of benzene rings is 2. The molecule has 0 heterocycles. The molecule has 7 heteroatoms. The summed E-state index contributed by atoms with van der Waals surface area (Å²) in [5.74, 6) is -0.0657. The van der Waals surface area contributed by atoms with Gasteiger partial charge in [-0.3, -0.25) is 0 Å². The summed E-state index contributed by atoms with van der Waals surface area (Å²) in [5.41, 5.74) is 0. The van der Waals surface area contributed by atoms with Crippen molar-refractivity contribution in [2.24, 2.45) is 0 Å². The third kappa shape index (κ3) is 3.33. The molecular weight excluding hydrogens is 353 g/mol. The van der Waals surface area contributed by atoms with Crippen molar-refractivity contribution in [3.63, 3.8) is 0 Å². The fourth-order valence-electron chi connectivity index (χ4n) is 1.38. The summed E-state index contributed by atoms with van der Waals surface area (Å²) >= 11 is 29.4. The minimum atomic E-state index is -0.223. The average molecular weight is 358 g/mol. The standard InChI is InChI=1S/C12H5Cl5O2/c13-5-1-7(15)11(8(16)2-5)19-12-9(17)3-6(14)4-10(12)18/h1-4,18H. The number of phenolic OH excluding ortho intramolecular Hbond substituents is 1. The number of phenols is 1. The number of rotatable bonds is 2. The zero-order chi connectivity index (χ0) is 14.2. The van der Waals surface area contributed by atoms with E-state index < -0.39 is 0 Å². The van der Waals surface area contributed by atoms with E-state index in [1.54, 1.807) is 0 Å². The van der Waals surface area contributed by atoms with Crippen LogP contribution < -0.4 is 4.74 Å². The molecule has 0 fully saturated rings. The van der Waals surface area contributed by atoms with Crippen molar-refractivity contribution in [2.45, 2.75) is 0 Å². The Hall–Kier alpha value is -0.510. The van der Waals surface area contributed by atoms with Gasteiger partial charge >= 0.3 is 0 Å². The highest BCUT2D eigenvalue weighted by atomic mass is 35.5. The lowest BCUT2D eigenvalue weighted by molar-refractivity contribution is 0.412. The van der Waals surface area contributed by atoms with E-state index in [0.717, 1.165) is 0 Å². The quantitative estimate of drug-likeness (QED) is 0.668. The van der Waals surface area contributed by atoms with Gasteiger partial charge in [0.25, 0.3) is 0 Å². The van der Waals surface area contributed by atoms with Crippen LogP contribution in [0.25, 0.3) is 0 Å². The number of halogens is 5. The van der Waals surface area contributed by atoms with Crippen molar-refractivity contribution >= 4 is 58.0 Å². The van der Waals surface area contributed by atoms with Gasteiger partial charge in [-0.15, -0.1) is 0 Å². The largest absolute Gasteiger partial charge is 0.504 e. The van der Waals surface area contributed by atoms with Gasteiger partial charge < -0.3 is 9.84 Å². The van der Waals surface area contributed by atoms with Crippen LogP contribution >= 0.6 is 58.0 Å². The maximum absolute atomic E-state index is 9.76. The number of aromatic hydroxyl groups is 1. The van der Waals surface area contributed by atoms with Crippen LogP contribution in [0, 0.1) is 0 Å². The van der Waals surface area contributed by atoms with Crippen LogP contribution in [0.5, 0.6) is 17.2 Å². The molecule has 0 unspecified atom stereocenters. The van der Waals surface area contributed by atoms with E-state index in [-0.39, 0.29) is 37.3 Å². The summed E-state index contributed by atoms with van der Waals surface area (Å²) in [5, 5.41) is 10.9. The molecule has 2 aromatic carbocycles. The van der Waals surface area contributed by atoms with Crippen molar-refractivity contribution < 1.29 is 9.84 Å². The van der Waals surface area contributed by atoms with Crippen LogP contribution in [0.3, 0.4) is 0 Å². The second-order valence-electron chi connectivity index (χ2n) is 3.54. The summed E-state index contributed by atoms with van der Waals surface area (Å²) in [7, 11) is 0. The fourth-order valence-corrected chi connectivity index (χ4v) is 2.79. The minimum Gasteiger partial charge on any atom is -0.504 e. The predicted octanol–water partition coefficient (Wildman–Crippen LogP) is 6.45. The van der Waals surface area contributed by atoms with Crippen LogP contribution in [-0.2, 0) is 0 Å². The lowest BCUT2D eigenvalue weighted by atomic mass is 10.3. The van der Waals surface area contributed by atoms with Crippen molar-refractivity contribution in [1.82, 2.24) is 0 Å². The Balaban J connectivity index is 2.48. The lowest BCUT2D eigenvalue weighted by Gasteiger charge is -2.12. The summed E-state index contributed by atoms with van der Waals surface area (Å²) in [6.07, 6.45) is 0. The van der Waals surface area contributed by atoms with Crippen LogP contribution in [-0.4, -0.2) is 5.11 Å². The van der Waals surface area contributed by atoms with E-state index in [1.807, 2.05) is 0 Å². The first-order chi connectivity index (χ1) is 8.88. The molecule has 0 bridgehead atoms. The monoisotopic (exact) mass is 356 g/mol. The van der Waals surface area contributed by atoms with Gasteiger partial charge in [0.1, 0.15) is 0 Å². The van der Waals surface area contributed by atoms with Crippen LogP contribution in [0.4, 0.5) is 0 Å². The maximum atomic E-state index is 9.76. The zero-order valence-corrected chi connectivity index (χ0v) is 12.8. The third-order valence-electron chi connectivity index (χ3n) is 2.16. The molecule has 0 radical (unpaired) electrons. The van der Waals surface area contributed by atoms with E-state index in [4.69, 9.17) is 62.7 Å². The molecule has 0 saturated carbocycles. The third-order valence-corrected chi connectivity index (χ3v) is 3.43. The number of hydrogen-bond acceptors (Lipinski definition) is 2.